The molecule has 0 bridgehead atoms. The molecule has 1 atom stereocenters. The molecule has 0 aliphatic heterocycles. The Kier molecular flexibility index (Phi) is 7.19. The predicted molar refractivity (Wildman–Crippen MR) is 58.9 cm³/mol. The van der Waals surface area contributed by atoms with Crippen LogP contribution in [0.4, 0.5) is 0 Å². The average Bonchev–Trinajstić information content (AvgIpc) is 2.30. The Labute approximate surface area is 99.3 Å². The van der Waals surface area contributed by atoms with Gasteiger partial charge in [0.25, 0.3) is 0 Å². The van der Waals surface area contributed by atoms with E-state index in [0.717, 1.165) is 0 Å². The maximum absolute atomic E-state index is 11.2. The number of ether oxygens (including phenoxy) is 1. The zero-order valence-corrected chi connectivity index (χ0v) is 9.56. The molecule has 6 heteroatoms. The second kappa shape index (κ2) is 8.16. The second-order valence-electron chi connectivity index (χ2n) is 3.28. The summed E-state index contributed by atoms with van der Waals surface area (Å²) in [4.78, 5) is 32.9. The molecule has 0 radical (unpaired) electrons. The van der Waals surface area contributed by atoms with Crippen LogP contribution >= 0.6 is 0 Å². The number of nitrogens with one attached hydrogen (secondary N) is 1. The van der Waals surface area contributed by atoms with E-state index in [0.29, 0.717) is 0 Å². The highest BCUT2D eigenvalue weighted by Crippen LogP contribution is 2.00. The van der Waals surface area contributed by atoms with Crippen LogP contribution in [0.3, 0.4) is 0 Å². The van der Waals surface area contributed by atoms with E-state index in [4.69, 9.17) is 11.5 Å². The van der Waals surface area contributed by atoms with Gasteiger partial charge in [0.2, 0.25) is 5.91 Å². The molecular formula is C11H15NO5. The number of aliphatic carboxylic acids is 1. The number of rotatable bonds is 7. The quantitative estimate of drug-likeness (QED) is 0.480. The number of carboxylic acids is 1. The van der Waals surface area contributed by atoms with E-state index in [-0.39, 0.29) is 25.7 Å². The summed E-state index contributed by atoms with van der Waals surface area (Å²) in [5.41, 5.74) is 0. The molecule has 94 valence electrons. The minimum absolute atomic E-state index is 0.0101. The third-order valence-electron chi connectivity index (χ3n) is 1.99. The van der Waals surface area contributed by atoms with Crippen molar-refractivity contribution in [3.05, 3.63) is 0 Å². The molecule has 0 aromatic heterocycles. The van der Waals surface area contributed by atoms with Gasteiger partial charge >= 0.3 is 11.9 Å². The summed E-state index contributed by atoms with van der Waals surface area (Å²) < 4.78 is 4.38. The van der Waals surface area contributed by atoms with Crippen LogP contribution in [0.2, 0.25) is 0 Å². The molecule has 0 unspecified atom stereocenters. The predicted octanol–water partition coefficient (Wildman–Crippen LogP) is -0.0776. The topological polar surface area (TPSA) is 92.7 Å². The van der Waals surface area contributed by atoms with Gasteiger partial charge in [-0.15, -0.1) is 12.3 Å². The van der Waals surface area contributed by atoms with Gasteiger partial charge in [0.05, 0.1) is 7.11 Å². The van der Waals surface area contributed by atoms with Gasteiger partial charge in [0.15, 0.2) is 0 Å². The third kappa shape index (κ3) is 6.95. The van der Waals surface area contributed by atoms with Crippen molar-refractivity contribution < 1.29 is 24.2 Å². The molecule has 0 spiro atoms. The van der Waals surface area contributed by atoms with Crippen molar-refractivity contribution in [1.82, 2.24) is 5.32 Å². The Morgan fingerprint density at radius 1 is 1.41 bits per heavy atom. The average molecular weight is 241 g/mol. The Balaban J connectivity index is 4.16. The summed E-state index contributed by atoms with van der Waals surface area (Å²) in [5.74, 6) is 0.123. The first-order valence-corrected chi connectivity index (χ1v) is 5.03. The molecule has 0 fully saturated rings. The molecule has 0 saturated heterocycles. The maximum atomic E-state index is 11.2. The molecule has 0 saturated carbocycles. The fraction of sp³-hybridized carbons (Fsp3) is 0.545. The lowest BCUT2D eigenvalue weighted by Crippen LogP contribution is -2.41. The highest BCUT2D eigenvalue weighted by molar-refractivity contribution is 5.84. The maximum Gasteiger partial charge on any atom is 0.326 e. The monoisotopic (exact) mass is 241 g/mol. The number of carboxylic acid groups (broad SMARTS) is 1. The van der Waals surface area contributed by atoms with Gasteiger partial charge < -0.3 is 15.2 Å². The molecule has 2 N–H and O–H groups in total. The Morgan fingerprint density at radius 2 is 2.06 bits per heavy atom. The van der Waals surface area contributed by atoms with Crippen molar-refractivity contribution in [1.29, 1.82) is 0 Å². The largest absolute Gasteiger partial charge is 0.480 e. The Morgan fingerprint density at radius 3 is 2.53 bits per heavy atom. The van der Waals surface area contributed by atoms with E-state index in [9.17, 15) is 14.4 Å². The first kappa shape index (κ1) is 15.0. The second-order valence-corrected chi connectivity index (χ2v) is 3.28. The number of hydrogen-bond donors (Lipinski definition) is 2. The highest BCUT2D eigenvalue weighted by atomic mass is 16.5. The first-order valence-electron chi connectivity index (χ1n) is 5.03. The number of carbonyl (C=O) groups is 3. The molecule has 0 aliphatic rings. The summed E-state index contributed by atoms with van der Waals surface area (Å²) in [6.45, 7) is 0. The van der Waals surface area contributed by atoms with Gasteiger partial charge in [-0.1, -0.05) is 0 Å². The zero-order valence-electron chi connectivity index (χ0n) is 9.56. The molecule has 0 rings (SSSR count). The zero-order chi connectivity index (χ0) is 13.3. The minimum Gasteiger partial charge on any atom is -0.480 e. The van der Waals surface area contributed by atoms with E-state index < -0.39 is 23.9 Å². The van der Waals surface area contributed by atoms with Crippen LogP contribution in [0, 0.1) is 12.3 Å². The molecule has 0 aliphatic carbocycles. The number of carbonyl (C=O) groups excluding carboxylic acids is 2. The summed E-state index contributed by atoms with van der Waals surface area (Å²) in [6, 6.07) is -1.10. The summed E-state index contributed by atoms with van der Waals surface area (Å²) in [7, 11) is 1.21. The van der Waals surface area contributed by atoms with Gasteiger partial charge in [0, 0.05) is 19.3 Å². The van der Waals surface area contributed by atoms with Gasteiger partial charge in [-0.25, -0.2) is 4.79 Å². The fourth-order valence-corrected chi connectivity index (χ4v) is 1.07. The van der Waals surface area contributed by atoms with Crippen molar-refractivity contribution in [2.45, 2.75) is 31.7 Å². The number of amides is 1. The van der Waals surface area contributed by atoms with Gasteiger partial charge in [-0.3, -0.25) is 9.59 Å². The molecule has 1 amide bonds. The molecule has 17 heavy (non-hydrogen) atoms. The van der Waals surface area contributed by atoms with Crippen LogP contribution in [-0.4, -0.2) is 36.1 Å². The van der Waals surface area contributed by atoms with Gasteiger partial charge in [-0.2, -0.15) is 0 Å². The van der Waals surface area contributed by atoms with Gasteiger partial charge in [-0.05, 0) is 6.42 Å². The van der Waals surface area contributed by atoms with Crippen molar-refractivity contribution in [2.24, 2.45) is 0 Å². The van der Waals surface area contributed by atoms with Crippen molar-refractivity contribution >= 4 is 17.8 Å². The number of hydrogen-bond acceptors (Lipinski definition) is 4. The van der Waals surface area contributed by atoms with Crippen LogP contribution in [0.15, 0.2) is 0 Å². The van der Waals surface area contributed by atoms with E-state index in [1.165, 1.54) is 7.11 Å². The fourth-order valence-electron chi connectivity index (χ4n) is 1.07. The molecule has 0 aromatic rings. The molecule has 0 heterocycles. The smallest absolute Gasteiger partial charge is 0.326 e. The Bertz CT molecular complexity index is 331. The SMILES string of the molecule is C#CCCC(=O)N[C@@H](CCC(=O)OC)C(=O)O. The van der Waals surface area contributed by atoms with Crippen LogP contribution in [0.5, 0.6) is 0 Å². The third-order valence-corrected chi connectivity index (χ3v) is 1.99. The van der Waals surface area contributed by atoms with Crippen LogP contribution in [0.25, 0.3) is 0 Å². The number of esters is 1. The molecule has 0 aromatic carbocycles. The number of methoxy groups -OCH3 is 1. The lowest BCUT2D eigenvalue weighted by molar-refractivity contribution is -0.144. The van der Waals surface area contributed by atoms with Gasteiger partial charge in [0.1, 0.15) is 6.04 Å². The summed E-state index contributed by atoms with van der Waals surface area (Å²) >= 11 is 0. The van der Waals surface area contributed by atoms with E-state index in [1.54, 1.807) is 0 Å². The lowest BCUT2D eigenvalue weighted by Gasteiger charge is -2.13. The normalized spacial score (nSPS) is 11.1. The van der Waals surface area contributed by atoms with Crippen LogP contribution in [-0.2, 0) is 19.1 Å². The first-order chi connectivity index (χ1) is 8.01. The number of terminal acetylenes is 1. The standard InChI is InChI=1S/C11H15NO5/c1-3-4-5-9(13)12-8(11(15)16)6-7-10(14)17-2/h1,8H,4-7H2,2H3,(H,12,13)(H,15,16)/t8-/m0/s1. The highest BCUT2D eigenvalue weighted by Gasteiger charge is 2.20. The van der Waals surface area contributed by atoms with E-state index >= 15 is 0 Å². The van der Waals surface area contributed by atoms with E-state index in [1.807, 2.05) is 0 Å². The molecule has 6 nitrogen and oxygen atoms in total. The lowest BCUT2D eigenvalue weighted by atomic mass is 10.1. The Hall–Kier alpha value is -2.03. The van der Waals surface area contributed by atoms with Crippen molar-refractivity contribution in [3.8, 4) is 12.3 Å². The van der Waals surface area contributed by atoms with E-state index in [2.05, 4.69) is 16.0 Å². The molecular weight excluding hydrogens is 226 g/mol. The minimum atomic E-state index is -1.19. The van der Waals surface area contributed by atoms with Crippen molar-refractivity contribution in [3.63, 3.8) is 0 Å². The van der Waals surface area contributed by atoms with Crippen molar-refractivity contribution in [2.75, 3.05) is 7.11 Å². The van der Waals surface area contributed by atoms with Crippen LogP contribution < -0.4 is 5.32 Å². The van der Waals surface area contributed by atoms with Crippen LogP contribution in [0.1, 0.15) is 25.7 Å². The summed E-state index contributed by atoms with van der Waals surface area (Å²) in [6.07, 6.45) is 5.21. The summed E-state index contributed by atoms with van der Waals surface area (Å²) in [5, 5.41) is 11.1.